The highest BCUT2D eigenvalue weighted by Crippen LogP contribution is 2.42. The summed E-state index contributed by atoms with van der Waals surface area (Å²) in [6.07, 6.45) is 3.21. The molecular formula is C20H26N4O3. The number of hydrogen-bond acceptors (Lipinski definition) is 3. The summed E-state index contributed by atoms with van der Waals surface area (Å²) in [5.41, 5.74) is 2.53. The Morgan fingerprint density at radius 2 is 2.04 bits per heavy atom. The summed E-state index contributed by atoms with van der Waals surface area (Å²) in [7, 11) is 0. The Bertz CT molecular complexity index is 874. The SMILES string of the molecule is CC(=O)N1c2ccc(-n3ccnc3C)cc2[C@H](N(C(=O)O)C(C)C)C[C@@H]1C. The van der Waals surface area contributed by atoms with E-state index < -0.39 is 6.09 Å². The van der Waals surface area contributed by atoms with Crippen molar-refractivity contribution in [1.82, 2.24) is 14.5 Å². The van der Waals surface area contributed by atoms with E-state index in [1.54, 1.807) is 18.0 Å². The molecular weight excluding hydrogens is 344 g/mol. The lowest BCUT2D eigenvalue weighted by atomic mass is 9.89. The molecule has 1 aliphatic rings. The molecule has 2 atom stereocenters. The lowest BCUT2D eigenvalue weighted by Crippen LogP contribution is -2.48. The maximum atomic E-state index is 12.3. The van der Waals surface area contributed by atoms with Crippen LogP contribution in [0.4, 0.5) is 10.5 Å². The number of aryl methyl sites for hydroxylation is 1. The zero-order valence-electron chi connectivity index (χ0n) is 16.4. The molecule has 2 aromatic rings. The summed E-state index contributed by atoms with van der Waals surface area (Å²) in [5, 5.41) is 9.81. The van der Waals surface area contributed by atoms with Crippen molar-refractivity contribution < 1.29 is 14.7 Å². The van der Waals surface area contributed by atoms with Crippen LogP contribution < -0.4 is 4.90 Å². The van der Waals surface area contributed by atoms with E-state index in [2.05, 4.69) is 4.98 Å². The molecule has 0 fully saturated rings. The van der Waals surface area contributed by atoms with Crippen molar-refractivity contribution in [3.8, 4) is 5.69 Å². The molecule has 1 aliphatic heterocycles. The second kappa shape index (κ2) is 7.06. The van der Waals surface area contributed by atoms with Crippen LogP contribution in [0.2, 0.25) is 0 Å². The van der Waals surface area contributed by atoms with Crippen LogP contribution in [0.1, 0.15) is 51.5 Å². The minimum atomic E-state index is -0.950. The molecule has 0 saturated carbocycles. The van der Waals surface area contributed by atoms with E-state index in [-0.39, 0.29) is 24.0 Å². The number of imidazole rings is 1. The quantitative estimate of drug-likeness (QED) is 0.892. The predicted octanol–water partition coefficient (Wildman–Crippen LogP) is 3.76. The third kappa shape index (κ3) is 3.29. The van der Waals surface area contributed by atoms with Crippen LogP contribution in [-0.4, -0.2) is 43.6 Å². The van der Waals surface area contributed by atoms with Gasteiger partial charge >= 0.3 is 6.09 Å². The maximum Gasteiger partial charge on any atom is 0.408 e. The first-order valence-electron chi connectivity index (χ1n) is 9.17. The molecule has 144 valence electrons. The molecule has 27 heavy (non-hydrogen) atoms. The van der Waals surface area contributed by atoms with E-state index in [0.717, 1.165) is 22.8 Å². The van der Waals surface area contributed by atoms with Gasteiger partial charge in [-0.1, -0.05) is 0 Å². The van der Waals surface area contributed by atoms with Crippen molar-refractivity contribution in [3.63, 3.8) is 0 Å². The van der Waals surface area contributed by atoms with Crippen LogP contribution in [0.5, 0.6) is 0 Å². The molecule has 0 aliphatic carbocycles. The average Bonchev–Trinajstić information content (AvgIpc) is 2.99. The van der Waals surface area contributed by atoms with Crippen LogP contribution >= 0.6 is 0 Å². The van der Waals surface area contributed by atoms with E-state index in [1.807, 2.05) is 56.7 Å². The van der Waals surface area contributed by atoms with Crippen LogP contribution in [0, 0.1) is 6.92 Å². The van der Waals surface area contributed by atoms with Crippen molar-refractivity contribution in [2.75, 3.05) is 4.90 Å². The monoisotopic (exact) mass is 370 g/mol. The summed E-state index contributed by atoms with van der Waals surface area (Å²) >= 11 is 0. The topological polar surface area (TPSA) is 78.7 Å². The fourth-order valence-electron chi connectivity index (χ4n) is 4.08. The highest BCUT2D eigenvalue weighted by molar-refractivity contribution is 5.94. The van der Waals surface area contributed by atoms with E-state index in [1.165, 1.54) is 4.90 Å². The fraction of sp³-hybridized carbons (Fsp3) is 0.450. The van der Waals surface area contributed by atoms with Crippen LogP contribution in [-0.2, 0) is 4.79 Å². The number of carbonyl (C=O) groups is 2. The molecule has 7 heteroatoms. The number of nitrogens with zero attached hydrogens (tertiary/aromatic N) is 4. The smallest absolute Gasteiger partial charge is 0.408 e. The lowest BCUT2D eigenvalue weighted by molar-refractivity contribution is -0.117. The van der Waals surface area contributed by atoms with Crippen LogP contribution in [0.3, 0.4) is 0 Å². The number of carbonyl (C=O) groups excluding carboxylic acids is 1. The van der Waals surface area contributed by atoms with Crippen molar-refractivity contribution in [2.45, 2.75) is 59.2 Å². The molecule has 0 bridgehead atoms. The molecule has 0 spiro atoms. The third-order valence-corrected chi connectivity index (χ3v) is 5.19. The summed E-state index contributed by atoms with van der Waals surface area (Å²) in [6, 6.07) is 5.27. The maximum absolute atomic E-state index is 12.3. The first-order chi connectivity index (χ1) is 12.7. The number of amides is 2. The molecule has 2 amide bonds. The zero-order valence-corrected chi connectivity index (χ0v) is 16.4. The average molecular weight is 370 g/mol. The number of carboxylic acid groups (broad SMARTS) is 1. The van der Waals surface area contributed by atoms with Gasteiger partial charge in [0, 0.05) is 48.3 Å². The van der Waals surface area contributed by atoms with Gasteiger partial charge in [-0.05, 0) is 52.3 Å². The first-order valence-corrected chi connectivity index (χ1v) is 9.17. The Kier molecular flexibility index (Phi) is 4.95. The first kappa shape index (κ1) is 18.9. The highest BCUT2D eigenvalue weighted by atomic mass is 16.4. The predicted molar refractivity (Wildman–Crippen MR) is 103 cm³/mol. The molecule has 1 aromatic carbocycles. The van der Waals surface area contributed by atoms with Gasteiger partial charge in [0.05, 0.1) is 6.04 Å². The largest absolute Gasteiger partial charge is 0.465 e. The standard InChI is InChI=1S/C20H26N4O3/c1-12(2)23(20(26)27)19-10-13(3)24(15(5)25)18-7-6-16(11-17(18)19)22-9-8-21-14(22)4/h6-9,11-13,19H,10H2,1-5H3,(H,26,27)/t13-,19+/m0/s1. The molecule has 3 rings (SSSR count). The van der Waals surface area contributed by atoms with Crippen molar-refractivity contribution in [2.24, 2.45) is 0 Å². The van der Waals surface area contributed by atoms with Gasteiger partial charge in [0.2, 0.25) is 5.91 Å². The van der Waals surface area contributed by atoms with Crippen molar-refractivity contribution in [3.05, 3.63) is 42.0 Å². The molecule has 1 aromatic heterocycles. The zero-order chi connectivity index (χ0) is 19.9. The minimum Gasteiger partial charge on any atom is -0.465 e. The lowest BCUT2D eigenvalue weighted by Gasteiger charge is -2.43. The third-order valence-electron chi connectivity index (χ3n) is 5.19. The Morgan fingerprint density at radius 1 is 1.33 bits per heavy atom. The fourth-order valence-corrected chi connectivity index (χ4v) is 4.08. The number of rotatable bonds is 3. The van der Waals surface area contributed by atoms with Gasteiger partial charge in [-0.2, -0.15) is 0 Å². The Hall–Kier alpha value is -2.83. The molecule has 1 N–H and O–H groups in total. The summed E-state index contributed by atoms with van der Waals surface area (Å²) in [4.78, 5) is 31.7. The van der Waals surface area contributed by atoms with Crippen LogP contribution in [0.15, 0.2) is 30.6 Å². The number of fused-ring (bicyclic) bond motifs is 1. The molecule has 0 unspecified atom stereocenters. The van der Waals surface area contributed by atoms with Gasteiger partial charge in [0.1, 0.15) is 5.82 Å². The normalized spacial score (nSPS) is 19.1. The van der Waals surface area contributed by atoms with Crippen molar-refractivity contribution >= 4 is 17.7 Å². The number of benzene rings is 1. The van der Waals surface area contributed by atoms with Crippen molar-refractivity contribution in [1.29, 1.82) is 0 Å². The number of anilines is 1. The van der Waals surface area contributed by atoms with Gasteiger partial charge in [-0.3, -0.25) is 9.69 Å². The number of aromatic nitrogens is 2. The van der Waals surface area contributed by atoms with Gasteiger partial charge in [0.15, 0.2) is 0 Å². The summed E-state index contributed by atoms with van der Waals surface area (Å²) in [5.74, 6) is 0.804. The second-order valence-electron chi connectivity index (χ2n) is 7.36. The molecule has 0 saturated heterocycles. The Morgan fingerprint density at radius 3 is 2.56 bits per heavy atom. The van der Waals surface area contributed by atoms with E-state index in [0.29, 0.717) is 6.42 Å². The minimum absolute atomic E-state index is 0.0415. The highest BCUT2D eigenvalue weighted by Gasteiger charge is 2.38. The van der Waals surface area contributed by atoms with Gasteiger partial charge in [-0.25, -0.2) is 9.78 Å². The second-order valence-corrected chi connectivity index (χ2v) is 7.36. The molecule has 0 radical (unpaired) electrons. The van der Waals surface area contributed by atoms with Gasteiger partial charge in [0.25, 0.3) is 0 Å². The Balaban J connectivity index is 2.19. The van der Waals surface area contributed by atoms with Gasteiger partial charge < -0.3 is 14.6 Å². The molecule has 7 nitrogen and oxygen atoms in total. The molecule has 2 heterocycles. The summed E-state index contributed by atoms with van der Waals surface area (Å²) in [6.45, 7) is 9.18. The summed E-state index contributed by atoms with van der Waals surface area (Å²) < 4.78 is 1.95. The number of hydrogen-bond donors (Lipinski definition) is 1. The van der Waals surface area contributed by atoms with Gasteiger partial charge in [-0.15, -0.1) is 0 Å². The van der Waals surface area contributed by atoms with Crippen LogP contribution in [0.25, 0.3) is 5.69 Å². The van der Waals surface area contributed by atoms with E-state index in [4.69, 9.17) is 0 Å². The Labute approximate surface area is 159 Å². The van der Waals surface area contributed by atoms with E-state index >= 15 is 0 Å². The van der Waals surface area contributed by atoms with E-state index in [9.17, 15) is 14.7 Å².